The van der Waals surface area contributed by atoms with Crippen molar-refractivity contribution in [3.05, 3.63) is 69.0 Å². The van der Waals surface area contributed by atoms with Crippen molar-refractivity contribution in [2.75, 3.05) is 7.05 Å². The van der Waals surface area contributed by atoms with Crippen LogP contribution in [0.5, 0.6) is 0 Å². The monoisotopic (exact) mass is 326 g/mol. The molecule has 0 radical (unpaired) electrons. The molecule has 6 nitrogen and oxygen atoms in total. The van der Waals surface area contributed by atoms with Crippen LogP contribution in [0.2, 0.25) is 0 Å². The number of rotatable bonds is 3. The summed E-state index contributed by atoms with van der Waals surface area (Å²) in [6.45, 7) is 0.454. The molecular weight excluding hydrogens is 312 g/mol. The summed E-state index contributed by atoms with van der Waals surface area (Å²) in [5.41, 5.74) is 1.70. The quantitative estimate of drug-likeness (QED) is 0.723. The lowest BCUT2D eigenvalue weighted by atomic mass is 10.1. The average Bonchev–Trinajstić information content (AvgIpc) is 2.54. The molecule has 0 aliphatic carbocycles. The molecule has 3 rings (SSSR count). The number of pyridine rings is 1. The zero-order valence-electron chi connectivity index (χ0n) is 12.4. The van der Waals surface area contributed by atoms with E-state index in [1.54, 1.807) is 42.5 Å². The summed E-state index contributed by atoms with van der Waals surface area (Å²) in [6, 6.07) is 8.63. The lowest BCUT2D eigenvalue weighted by Crippen LogP contribution is -2.26. The molecule has 2 N–H and O–H groups in total. The van der Waals surface area contributed by atoms with Crippen LogP contribution in [0.15, 0.2) is 47.5 Å². The number of nitrogens with zero attached hydrogens (tertiary/aromatic N) is 2. The fourth-order valence-electron chi connectivity index (χ4n) is 2.36. The van der Waals surface area contributed by atoms with E-state index in [9.17, 15) is 9.59 Å². The van der Waals surface area contributed by atoms with Gasteiger partial charge in [0.2, 0.25) is 0 Å². The highest BCUT2D eigenvalue weighted by Crippen LogP contribution is 2.13. The number of aromatic nitrogens is 3. The van der Waals surface area contributed by atoms with E-state index in [0.717, 1.165) is 5.56 Å². The Morgan fingerprint density at radius 3 is 2.87 bits per heavy atom. The molecule has 7 heteroatoms. The van der Waals surface area contributed by atoms with Gasteiger partial charge in [0.1, 0.15) is 0 Å². The first kappa shape index (κ1) is 15.1. The molecule has 0 aliphatic heterocycles. The Labute approximate surface area is 136 Å². The number of aromatic amines is 2. The SMILES string of the molecule is CN(Cc1cccnc1)C(=O)c1ccc2c(=O)[nH]c(=S)[nH]c2c1. The maximum absolute atomic E-state index is 12.5. The molecule has 23 heavy (non-hydrogen) atoms. The first-order valence-corrected chi connectivity index (χ1v) is 7.36. The van der Waals surface area contributed by atoms with E-state index in [2.05, 4.69) is 15.0 Å². The second-order valence-electron chi connectivity index (χ2n) is 5.19. The number of carbonyl (C=O) groups is 1. The van der Waals surface area contributed by atoms with Crippen molar-refractivity contribution < 1.29 is 4.79 Å². The molecule has 0 atom stereocenters. The zero-order chi connectivity index (χ0) is 16.4. The number of benzene rings is 1. The average molecular weight is 326 g/mol. The Morgan fingerprint density at radius 1 is 1.30 bits per heavy atom. The van der Waals surface area contributed by atoms with Crippen molar-refractivity contribution in [1.29, 1.82) is 0 Å². The van der Waals surface area contributed by atoms with Gasteiger partial charge in [0.15, 0.2) is 4.77 Å². The van der Waals surface area contributed by atoms with Gasteiger partial charge in [0, 0.05) is 31.5 Å². The van der Waals surface area contributed by atoms with Crippen molar-refractivity contribution in [2.45, 2.75) is 6.54 Å². The number of hydrogen-bond donors (Lipinski definition) is 2. The van der Waals surface area contributed by atoms with Crippen LogP contribution in [0, 0.1) is 4.77 Å². The Bertz CT molecular complexity index is 979. The molecule has 116 valence electrons. The number of carbonyl (C=O) groups excluding carboxylic acids is 1. The molecule has 1 amide bonds. The molecule has 0 unspecified atom stereocenters. The summed E-state index contributed by atoms with van der Waals surface area (Å²) >= 11 is 4.96. The van der Waals surface area contributed by atoms with Gasteiger partial charge in [-0.25, -0.2) is 0 Å². The number of amides is 1. The van der Waals surface area contributed by atoms with Crippen LogP contribution in [0.4, 0.5) is 0 Å². The molecule has 0 saturated carbocycles. The Hall–Kier alpha value is -2.80. The van der Waals surface area contributed by atoms with Gasteiger partial charge in [-0.2, -0.15) is 0 Å². The van der Waals surface area contributed by atoms with Crippen LogP contribution < -0.4 is 5.56 Å². The first-order valence-electron chi connectivity index (χ1n) is 6.95. The first-order chi connectivity index (χ1) is 11.0. The van der Waals surface area contributed by atoms with E-state index < -0.39 is 0 Å². The van der Waals surface area contributed by atoms with E-state index >= 15 is 0 Å². The van der Waals surface area contributed by atoms with Crippen molar-refractivity contribution >= 4 is 29.0 Å². The van der Waals surface area contributed by atoms with Crippen molar-refractivity contribution in [2.24, 2.45) is 0 Å². The highest BCUT2D eigenvalue weighted by molar-refractivity contribution is 7.71. The van der Waals surface area contributed by atoms with Crippen LogP contribution in [-0.2, 0) is 6.54 Å². The van der Waals surface area contributed by atoms with Gasteiger partial charge in [-0.1, -0.05) is 6.07 Å². The molecule has 0 bridgehead atoms. The Morgan fingerprint density at radius 2 is 2.13 bits per heavy atom. The fourth-order valence-corrected chi connectivity index (χ4v) is 2.56. The normalized spacial score (nSPS) is 10.7. The predicted molar refractivity (Wildman–Crippen MR) is 89.8 cm³/mol. The molecule has 3 aromatic rings. The van der Waals surface area contributed by atoms with E-state index in [1.165, 1.54) is 0 Å². The summed E-state index contributed by atoms with van der Waals surface area (Å²) in [7, 11) is 1.72. The van der Waals surface area contributed by atoms with Gasteiger partial charge < -0.3 is 9.88 Å². The molecule has 0 fully saturated rings. The largest absolute Gasteiger partial charge is 0.337 e. The highest BCUT2D eigenvalue weighted by atomic mass is 32.1. The van der Waals surface area contributed by atoms with Gasteiger partial charge in [-0.15, -0.1) is 0 Å². The number of hydrogen-bond acceptors (Lipinski definition) is 4. The van der Waals surface area contributed by atoms with Crippen LogP contribution in [0.3, 0.4) is 0 Å². The minimum Gasteiger partial charge on any atom is -0.337 e. The van der Waals surface area contributed by atoms with Crippen LogP contribution in [0.1, 0.15) is 15.9 Å². The van der Waals surface area contributed by atoms with Crippen LogP contribution >= 0.6 is 12.2 Å². The van der Waals surface area contributed by atoms with E-state index in [0.29, 0.717) is 23.0 Å². The molecule has 0 aliphatic rings. The van der Waals surface area contributed by atoms with Crippen molar-refractivity contribution in [3.8, 4) is 0 Å². The van der Waals surface area contributed by atoms with Gasteiger partial charge in [-0.3, -0.25) is 19.6 Å². The van der Waals surface area contributed by atoms with Gasteiger partial charge in [-0.05, 0) is 42.0 Å². The zero-order valence-corrected chi connectivity index (χ0v) is 13.2. The number of H-pyrrole nitrogens is 2. The Balaban J connectivity index is 1.91. The topological polar surface area (TPSA) is 81.8 Å². The molecule has 2 aromatic heterocycles. The molecular formula is C16H14N4O2S. The number of nitrogens with one attached hydrogen (secondary N) is 2. The number of fused-ring (bicyclic) bond motifs is 1. The Kier molecular flexibility index (Phi) is 4.03. The fraction of sp³-hybridized carbons (Fsp3) is 0.125. The van der Waals surface area contributed by atoms with Gasteiger partial charge in [0.25, 0.3) is 11.5 Å². The van der Waals surface area contributed by atoms with Crippen molar-refractivity contribution in [3.63, 3.8) is 0 Å². The van der Waals surface area contributed by atoms with Crippen LogP contribution in [-0.4, -0.2) is 32.8 Å². The third-order valence-corrected chi connectivity index (χ3v) is 3.68. The lowest BCUT2D eigenvalue weighted by Gasteiger charge is -2.17. The van der Waals surface area contributed by atoms with Crippen molar-refractivity contribution in [1.82, 2.24) is 19.9 Å². The lowest BCUT2D eigenvalue weighted by molar-refractivity contribution is 0.0785. The van der Waals surface area contributed by atoms with E-state index in [-0.39, 0.29) is 16.2 Å². The summed E-state index contributed by atoms with van der Waals surface area (Å²) in [5.74, 6) is -0.143. The van der Waals surface area contributed by atoms with E-state index in [4.69, 9.17) is 12.2 Å². The highest BCUT2D eigenvalue weighted by Gasteiger charge is 2.13. The smallest absolute Gasteiger partial charge is 0.259 e. The second kappa shape index (κ2) is 6.13. The minimum absolute atomic E-state index is 0.143. The van der Waals surface area contributed by atoms with Gasteiger partial charge in [0.05, 0.1) is 10.9 Å². The second-order valence-corrected chi connectivity index (χ2v) is 5.60. The van der Waals surface area contributed by atoms with Gasteiger partial charge >= 0.3 is 0 Å². The summed E-state index contributed by atoms with van der Waals surface area (Å²) in [4.78, 5) is 35.4. The standard InChI is InChI=1S/C16H14N4O2S/c1-20(9-10-3-2-6-17-8-10)15(22)11-4-5-12-13(7-11)18-16(23)19-14(12)21/h2-8H,9H2,1H3,(H2,18,19,21,23). The summed E-state index contributed by atoms with van der Waals surface area (Å²) in [5, 5.41) is 0.463. The minimum atomic E-state index is -0.272. The van der Waals surface area contributed by atoms with E-state index in [1.807, 2.05) is 12.1 Å². The molecule has 0 saturated heterocycles. The summed E-state index contributed by atoms with van der Waals surface area (Å²) < 4.78 is 0.232. The third-order valence-electron chi connectivity index (χ3n) is 3.48. The molecule has 0 spiro atoms. The molecule has 2 heterocycles. The maximum Gasteiger partial charge on any atom is 0.259 e. The molecule has 1 aromatic carbocycles. The summed E-state index contributed by atoms with van der Waals surface area (Å²) in [6.07, 6.45) is 3.41. The third kappa shape index (κ3) is 3.19. The van der Waals surface area contributed by atoms with Crippen LogP contribution in [0.25, 0.3) is 10.9 Å². The predicted octanol–water partition coefficient (Wildman–Crippen LogP) is 2.25. The maximum atomic E-state index is 12.5.